The molecule has 0 fully saturated rings. The zero-order chi connectivity index (χ0) is 26.0. The van der Waals surface area contributed by atoms with Crippen LogP contribution in [0.4, 0.5) is 28.4 Å². The minimum absolute atomic E-state index is 0.0149. The van der Waals surface area contributed by atoms with Crippen molar-refractivity contribution in [1.82, 2.24) is 9.71 Å². The van der Waals surface area contributed by atoms with Gasteiger partial charge in [-0.3, -0.25) is 4.79 Å². The number of amides is 1. The van der Waals surface area contributed by atoms with Crippen molar-refractivity contribution in [2.75, 3.05) is 11.2 Å². The van der Waals surface area contributed by atoms with Gasteiger partial charge in [0.05, 0.1) is 24.4 Å². The third kappa shape index (κ3) is 6.90. The van der Waals surface area contributed by atoms with Gasteiger partial charge in [-0.1, -0.05) is 6.07 Å². The van der Waals surface area contributed by atoms with E-state index in [1.54, 1.807) is 19.1 Å². The fraction of sp³-hybridized carbons (Fsp3) is 0.190. The Bertz CT molecular complexity index is 1400. The van der Waals surface area contributed by atoms with E-state index in [9.17, 15) is 30.8 Å². The van der Waals surface area contributed by atoms with E-state index < -0.39 is 33.9 Å². The van der Waals surface area contributed by atoms with Crippen LogP contribution in [0, 0.1) is 24.1 Å². The van der Waals surface area contributed by atoms with E-state index in [-0.39, 0.29) is 22.9 Å². The summed E-state index contributed by atoms with van der Waals surface area (Å²) in [4.78, 5) is 18.4. The van der Waals surface area contributed by atoms with Crippen LogP contribution in [0.1, 0.15) is 26.5 Å². The van der Waals surface area contributed by atoms with Crippen molar-refractivity contribution >= 4 is 38.1 Å². The number of hydrogen-bond acceptors (Lipinski definition) is 8. The number of benzene rings is 2. The number of thiazole rings is 1. The Hall–Kier alpha value is -3.70. The molecule has 2 aromatic carbocycles. The molecule has 1 aromatic heterocycles. The number of halogens is 4. The van der Waals surface area contributed by atoms with Crippen molar-refractivity contribution in [1.29, 1.82) is 5.26 Å². The van der Waals surface area contributed by atoms with Crippen molar-refractivity contribution in [2.45, 2.75) is 19.8 Å². The second kappa shape index (κ2) is 9.88. The van der Waals surface area contributed by atoms with E-state index in [0.29, 0.717) is 22.2 Å². The van der Waals surface area contributed by atoms with Crippen molar-refractivity contribution in [3.8, 4) is 11.8 Å². The number of anilines is 2. The van der Waals surface area contributed by atoms with Crippen molar-refractivity contribution < 1.29 is 35.5 Å². The monoisotopic (exact) mass is 528 g/mol. The van der Waals surface area contributed by atoms with Crippen LogP contribution in [0.25, 0.3) is 0 Å². The van der Waals surface area contributed by atoms with Gasteiger partial charge in [-0.05, 0) is 37.3 Å². The number of nitrogens with zero attached hydrogens (tertiary/aromatic N) is 3. The van der Waals surface area contributed by atoms with Gasteiger partial charge in [-0.2, -0.15) is 5.26 Å². The summed E-state index contributed by atoms with van der Waals surface area (Å²) in [5.41, 5.74) is 0.599. The first-order chi connectivity index (χ1) is 16.3. The van der Waals surface area contributed by atoms with Crippen LogP contribution < -0.4 is 14.4 Å². The number of rotatable bonds is 7. The summed E-state index contributed by atoms with van der Waals surface area (Å²) in [7, 11) is -3.85. The molecule has 0 saturated carbocycles. The van der Waals surface area contributed by atoms with Crippen LogP contribution in [-0.2, 0) is 16.6 Å². The average molecular weight is 529 g/mol. The number of hydrogen-bond donors (Lipinski definition) is 1. The molecule has 35 heavy (non-hydrogen) atoms. The lowest BCUT2D eigenvalue weighted by atomic mass is 10.1. The van der Waals surface area contributed by atoms with Crippen LogP contribution in [0.5, 0.6) is 5.75 Å². The van der Waals surface area contributed by atoms with E-state index in [1.807, 2.05) is 10.8 Å². The van der Waals surface area contributed by atoms with Gasteiger partial charge < -0.3 is 9.64 Å². The number of carbonyl (C=O) groups is 1. The molecule has 3 aromatic rings. The predicted molar refractivity (Wildman–Crippen MR) is 119 cm³/mol. The molecule has 0 aliphatic carbocycles. The van der Waals surface area contributed by atoms with Crippen molar-refractivity contribution in [3.63, 3.8) is 0 Å². The molecule has 0 unspecified atom stereocenters. The first kappa shape index (κ1) is 25.9. The highest BCUT2D eigenvalue weighted by Gasteiger charge is 2.31. The van der Waals surface area contributed by atoms with E-state index in [2.05, 4.69) is 9.72 Å². The number of alkyl halides is 3. The normalized spacial score (nSPS) is 11.6. The summed E-state index contributed by atoms with van der Waals surface area (Å²) in [5.74, 6) is -2.66. The quantitative estimate of drug-likeness (QED) is 0.453. The standard InChI is InChI=1S/C21H16F4N4O4S2/c1-12-18(19(30)28-35(2,31)32)27-20(34-12)29(15-6-3-13(10-26)4-7-15)11-14-5-8-16(9-17(14)22)33-21(23,24)25/h3-9H,11H2,1-2H3,(H,28,30). The third-order valence-electron chi connectivity index (χ3n) is 4.40. The smallest absolute Gasteiger partial charge is 0.406 e. The molecule has 184 valence electrons. The first-order valence-electron chi connectivity index (χ1n) is 9.57. The van der Waals surface area contributed by atoms with Gasteiger partial charge in [0.1, 0.15) is 17.3 Å². The Labute approximate surface area is 201 Å². The molecule has 0 aliphatic heterocycles. The van der Waals surface area contributed by atoms with Crippen LogP contribution in [-0.4, -0.2) is 31.9 Å². The van der Waals surface area contributed by atoms with E-state index in [1.165, 1.54) is 17.0 Å². The van der Waals surface area contributed by atoms with Gasteiger partial charge in [0, 0.05) is 22.2 Å². The van der Waals surface area contributed by atoms with Crippen molar-refractivity contribution in [3.05, 3.63) is 70.0 Å². The molecule has 1 N–H and O–H groups in total. The van der Waals surface area contributed by atoms with Crippen LogP contribution in [0.15, 0.2) is 42.5 Å². The Morgan fingerprint density at radius 2 is 1.89 bits per heavy atom. The van der Waals surface area contributed by atoms with Crippen LogP contribution in [0.2, 0.25) is 0 Å². The van der Waals surface area contributed by atoms with E-state index >= 15 is 0 Å². The summed E-state index contributed by atoms with van der Waals surface area (Å²) in [6.45, 7) is 1.32. The van der Waals surface area contributed by atoms with Gasteiger partial charge in [-0.25, -0.2) is 22.5 Å². The third-order valence-corrected chi connectivity index (χ3v) is 5.95. The Kier molecular flexibility index (Phi) is 7.32. The van der Waals surface area contributed by atoms with E-state index in [4.69, 9.17) is 5.26 Å². The molecule has 0 atom stereocenters. The topological polar surface area (TPSA) is 112 Å². The number of aryl methyl sites for hydroxylation is 1. The molecular formula is C21H16F4N4O4S2. The average Bonchev–Trinajstić information content (AvgIpc) is 3.12. The zero-order valence-electron chi connectivity index (χ0n) is 18.1. The number of ether oxygens (including phenoxy) is 1. The fourth-order valence-corrected chi connectivity index (χ4v) is 4.29. The summed E-state index contributed by atoms with van der Waals surface area (Å²) >= 11 is 1.02. The second-order valence-corrected chi connectivity index (χ2v) is 10.1. The van der Waals surface area contributed by atoms with E-state index in [0.717, 1.165) is 29.7 Å². The lowest BCUT2D eigenvalue weighted by Gasteiger charge is -2.23. The zero-order valence-corrected chi connectivity index (χ0v) is 19.7. The Balaban J connectivity index is 2.01. The van der Waals surface area contributed by atoms with Gasteiger partial charge >= 0.3 is 6.36 Å². The molecule has 0 radical (unpaired) electrons. The molecule has 0 aliphatic rings. The van der Waals surface area contributed by atoms with Gasteiger partial charge in [-0.15, -0.1) is 24.5 Å². The number of aromatic nitrogens is 1. The number of carbonyl (C=O) groups excluding carboxylic acids is 1. The Morgan fingerprint density at radius 1 is 1.23 bits per heavy atom. The van der Waals surface area contributed by atoms with Crippen molar-refractivity contribution in [2.24, 2.45) is 0 Å². The SMILES string of the molecule is Cc1sc(N(Cc2ccc(OC(F)(F)F)cc2F)c2ccc(C#N)cc2)nc1C(=O)NS(C)(=O)=O. The lowest BCUT2D eigenvalue weighted by Crippen LogP contribution is -2.30. The van der Waals surface area contributed by atoms with Gasteiger partial charge in [0.25, 0.3) is 5.91 Å². The highest BCUT2D eigenvalue weighted by molar-refractivity contribution is 7.89. The highest BCUT2D eigenvalue weighted by atomic mass is 32.2. The molecule has 8 nitrogen and oxygen atoms in total. The summed E-state index contributed by atoms with van der Waals surface area (Å²) < 4.78 is 80.4. The van der Waals surface area contributed by atoms with Gasteiger partial charge in [0.15, 0.2) is 5.13 Å². The highest BCUT2D eigenvalue weighted by Crippen LogP contribution is 2.34. The van der Waals surface area contributed by atoms with Crippen LogP contribution in [0.3, 0.4) is 0 Å². The lowest BCUT2D eigenvalue weighted by molar-refractivity contribution is -0.274. The summed E-state index contributed by atoms with van der Waals surface area (Å²) in [5, 5.41) is 9.23. The fourth-order valence-electron chi connectivity index (χ4n) is 2.93. The van der Waals surface area contributed by atoms with Gasteiger partial charge in [0.2, 0.25) is 10.0 Å². The first-order valence-corrected chi connectivity index (χ1v) is 12.3. The number of nitrogens with one attached hydrogen (secondary N) is 1. The second-order valence-electron chi connectivity index (χ2n) is 7.15. The predicted octanol–water partition coefficient (Wildman–Crippen LogP) is 4.39. The molecule has 1 heterocycles. The molecule has 1 amide bonds. The Morgan fingerprint density at radius 3 is 2.43 bits per heavy atom. The number of nitriles is 1. The molecule has 0 spiro atoms. The molecule has 14 heteroatoms. The largest absolute Gasteiger partial charge is 0.573 e. The number of sulfonamides is 1. The molecular weight excluding hydrogens is 512 g/mol. The molecule has 0 saturated heterocycles. The maximum Gasteiger partial charge on any atom is 0.573 e. The molecule has 3 rings (SSSR count). The summed E-state index contributed by atoms with van der Waals surface area (Å²) in [6, 6.07) is 10.7. The van der Waals surface area contributed by atoms with Crippen LogP contribution >= 0.6 is 11.3 Å². The molecule has 0 bridgehead atoms. The summed E-state index contributed by atoms with van der Waals surface area (Å²) in [6.07, 6.45) is -4.17. The maximum absolute atomic E-state index is 14.7. The minimum Gasteiger partial charge on any atom is -0.406 e. The maximum atomic E-state index is 14.7. The minimum atomic E-state index is -4.98.